The minimum Gasteiger partial charge on any atom is -0.479 e. The van der Waals surface area contributed by atoms with Crippen molar-refractivity contribution in [1.29, 1.82) is 0 Å². The summed E-state index contributed by atoms with van der Waals surface area (Å²) in [7, 11) is 0. The van der Waals surface area contributed by atoms with Crippen LogP contribution in [0.25, 0.3) is 0 Å². The van der Waals surface area contributed by atoms with Crippen molar-refractivity contribution in [3.63, 3.8) is 0 Å². The van der Waals surface area contributed by atoms with E-state index < -0.39 is 23.6 Å². The molecule has 20 heavy (non-hydrogen) atoms. The summed E-state index contributed by atoms with van der Waals surface area (Å²) in [5.41, 5.74) is 2.17. The predicted molar refractivity (Wildman–Crippen MR) is 66.9 cm³/mol. The predicted octanol–water partition coefficient (Wildman–Crippen LogP) is 1.52. The molecule has 0 rings (SSSR count). The molecule has 4 N–H and O–H groups in total. The molecule has 2 unspecified atom stereocenters. The summed E-state index contributed by atoms with van der Waals surface area (Å²) in [5, 5.41) is 10.2. The number of aliphatic carboxylic acids is 1. The standard InChI is InChI=1S/C12H21F3N2O3/c1-7(2)4-8(6-16)5-9(18)17-11(3,10(19)20)12(13,14)15/h7-8H,4-6,16H2,1-3H3,(H,17,18)(H,19,20). The van der Waals surface area contributed by atoms with Gasteiger partial charge in [-0.3, -0.25) is 4.79 Å². The molecule has 8 heteroatoms. The number of carboxylic acids is 1. The highest BCUT2D eigenvalue weighted by molar-refractivity contribution is 5.87. The number of hydrogen-bond acceptors (Lipinski definition) is 3. The van der Waals surface area contributed by atoms with Crippen LogP contribution in [0, 0.1) is 11.8 Å². The van der Waals surface area contributed by atoms with E-state index in [1.54, 1.807) is 5.32 Å². The van der Waals surface area contributed by atoms with E-state index in [0.717, 1.165) is 0 Å². The van der Waals surface area contributed by atoms with Gasteiger partial charge >= 0.3 is 12.1 Å². The quantitative estimate of drug-likeness (QED) is 0.664. The maximum absolute atomic E-state index is 12.7. The fourth-order valence-corrected chi connectivity index (χ4v) is 1.77. The van der Waals surface area contributed by atoms with Gasteiger partial charge < -0.3 is 16.2 Å². The summed E-state index contributed by atoms with van der Waals surface area (Å²) in [4.78, 5) is 22.4. The van der Waals surface area contributed by atoms with Crippen molar-refractivity contribution in [3.05, 3.63) is 0 Å². The van der Waals surface area contributed by atoms with Crippen molar-refractivity contribution in [3.8, 4) is 0 Å². The van der Waals surface area contributed by atoms with Gasteiger partial charge in [-0.1, -0.05) is 13.8 Å². The number of nitrogens with two attached hydrogens (primary N) is 1. The Morgan fingerprint density at radius 1 is 1.30 bits per heavy atom. The Hall–Kier alpha value is -1.31. The van der Waals surface area contributed by atoms with E-state index in [-0.39, 0.29) is 24.8 Å². The average molecular weight is 298 g/mol. The van der Waals surface area contributed by atoms with Crippen molar-refractivity contribution in [2.24, 2.45) is 17.6 Å². The smallest absolute Gasteiger partial charge is 0.422 e. The van der Waals surface area contributed by atoms with Crippen LogP contribution in [0.15, 0.2) is 0 Å². The van der Waals surface area contributed by atoms with Gasteiger partial charge in [0.15, 0.2) is 0 Å². The Morgan fingerprint density at radius 2 is 1.80 bits per heavy atom. The zero-order valence-electron chi connectivity index (χ0n) is 11.8. The van der Waals surface area contributed by atoms with Crippen LogP contribution >= 0.6 is 0 Å². The molecule has 0 radical (unpaired) electrons. The van der Waals surface area contributed by atoms with Crippen molar-refractivity contribution < 1.29 is 27.9 Å². The lowest BCUT2D eigenvalue weighted by Gasteiger charge is -2.29. The van der Waals surface area contributed by atoms with E-state index in [4.69, 9.17) is 10.8 Å². The third-order valence-electron chi connectivity index (χ3n) is 3.00. The number of carbonyl (C=O) groups excluding carboxylic acids is 1. The Balaban J connectivity index is 4.83. The topological polar surface area (TPSA) is 92.4 Å². The van der Waals surface area contributed by atoms with E-state index in [9.17, 15) is 22.8 Å². The monoisotopic (exact) mass is 298 g/mol. The molecule has 118 valence electrons. The van der Waals surface area contributed by atoms with Crippen molar-refractivity contribution in [2.75, 3.05) is 6.54 Å². The first-order valence-corrected chi connectivity index (χ1v) is 6.25. The van der Waals surface area contributed by atoms with Crippen LogP contribution < -0.4 is 11.1 Å². The van der Waals surface area contributed by atoms with E-state index in [0.29, 0.717) is 13.3 Å². The minimum absolute atomic E-state index is 0.154. The van der Waals surface area contributed by atoms with Crippen molar-refractivity contribution >= 4 is 11.9 Å². The summed E-state index contributed by atoms with van der Waals surface area (Å²) < 4.78 is 38.2. The Kier molecular flexibility index (Phi) is 6.46. The molecular formula is C12H21F3N2O3. The zero-order chi connectivity index (χ0) is 16.1. The Morgan fingerprint density at radius 3 is 2.10 bits per heavy atom. The van der Waals surface area contributed by atoms with E-state index in [1.807, 2.05) is 13.8 Å². The van der Waals surface area contributed by atoms with Crippen molar-refractivity contribution in [2.45, 2.75) is 45.3 Å². The molecule has 0 heterocycles. The Bertz CT molecular complexity index is 358. The average Bonchev–Trinajstić information content (AvgIpc) is 2.25. The number of rotatable bonds is 7. The van der Waals surface area contributed by atoms with Crippen LogP contribution in [0.1, 0.15) is 33.6 Å². The van der Waals surface area contributed by atoms with Crippen LogP contribution in [-0.2, 0) is 9.59 Å². The number of amides is 1. The second kappa shape index (κ2) is 6.92. The molecule has 0 spiro atoms. The van der Waals surface area contributed by atoms with Gasteiger partial charge in [0, 0.05) is 6.42 Å². The summed E-state index contributed by atoms with van der Waals surface area (Å²) in [6.07, 6.45) is -4.72. The van der Waals surface area contributed by atoms with Gasteiger partial charge in [-0.2, -0.15) is 13.2 Å². The summed E-state index contributed by atoms with van der Waals surface area (Å²) >= 11 is 0. The molecule has 0 fully saturated rings. The molecule has 1 amide bonds. The number of carboxylic acid groups (broad SMARTS) is 1. The normalized spacial score (nSPS) is 16.6. The highest BCUT2D eigenvalue weighted by Crippen LogP contribution is 2.30. The zero-order valence-corrected chi connectivity index (χ0v) is 11.8. The van der Waals surface area contributed by atoms with Crippen molar-refractivity contribution in [1.82, 2.24) is 5.32 Å². The van der Waals surface area contributed by atoms with Crippen LogP contribution in [0.4, 0.5) is 13.2 Å². The molecular weight excluding hydrogens is 277 g/mol. The van der Waals surface area contributed by atoms with Gasteiger partial charge in [0.2, 0.25) is 11.4 Å². The van der Waals surface area contributed by atoms with E-state index in [2.05, 4.69) is 0 Å². The molecule has 0 aromatic carbocycles. The third-order valence-corrected chi connectivity index (χ3v) is 3.00. The SMILES string of the molecule is CC(C)CC(CN)CC(=O)NC(C)(C(=O)O)C(F)(F)F. The van der Waals surface area contributed by atoms with E-state index in [1.165, 1.54) is 0 Å². The maximum atomic E-state index is 12.7. The first kappa shape index (κ1) is 18.7. The largest absolute Gasteiger partial charge is 0.479 e. The lowest BCUT2D eigenvalue weighted by Crippen LogP contribution is -2.62. The summed E-state index contributed by atoms with van der Waals surface area (Å²) in [5.74, 6) is -3.15. The van der Waals surface area contributed by atoms with Gasteiger partial charge in [-0.15, -0.1) is 0 Å². The molecule has 0 aliphatic heterocycles. The molecule has 0 aliphatic carbocycles. The minimum atomic E-state index is -5.08. The maximum Gasteiger partial charge on any atom is 0.422 e. The molecule has 0 aromatic rings. The molecule has 0 saturated carbocycles. The highest BCUT2D eigenvalue weighted by atomic mass is 19.4. The number of hydrogen-bond donors (Lipinski definition) is 3. The first-order chi connectivity index (χ1) is 8.94. The van der Waals surface area contributed by atoms with E-state index >= 15 is 0 Å². The fourth-order valence-electron chi connectivity index (χ4n) is 1.77. The number of halogens is 3. The van der Waals surface area contributed by atoms with Gasteiger partial charge in [0.1, 0.15) is 0 Å². The fraction of sp³-hybridized carbons (Fsp3) is 0.833. The second-order valence-electron chi connectivity index (χ2n) is 5.41. The first-order valence-electron chi connectivity index (χ1n) is 6.25. The lowest BCUT2D eigenvalue weighted by atomic mass is 9.93. The summed E-state index contributed by atoms with van der Waals surface area (Å²) in [6, 6.07) is 0. The molecule has 2 atom stereocenters. The van der Waals surface area contributed by atoms with Crippen LogP contribution in [0.3, 0.4) is 0 Å². The van der Waals surface area contributed by atoms with Crippen LogP contribution in [-0.4, -0.2) is 35.2 Å². The molecule has 0 aliphatic rings. The van der Waals surface area contributed by atoms with Gasteiger partial charge in [-0.25, -0.2) is 4.79 Å². The molecule has 0 saturated heterocycles. The second-order valence-corrected chi connectivity index (χ2v) is 5.41. The summed E-state index contributed by atoms with van der Waals surface area (Å²) in [6.45, 7) is 4.38. The molecule has 0 bridgehead atoms. The third kappa shape index (κ3) is 4.99. The van der Waals surface area contributed by atoms with Crippen LogP contribution in [0.2, 0.25) is 0 Å². The number of alkyl halides is 3. The van der Waals surface area contributed by atoms with Gasteiger partial charge in [-0.05, 0) is 31.7 Å². The van der Waals surface area contributed by atoms with Crippen LogP contribution in [0.5, 0.6) is 0 Å². The molecule has 5 nitrogen and oxygen atoms in total. The van der Waals surface area contributed by atoms with Gasteiger partial charge in [0.25, 0.3) is 0 Å². The number of nitrogens with one attached hydrogen (secondary N) is 1. The molecule has 0 aromatic heterocycles. The highest BCUT2D eigenvalue weighted by Gasteiger charge is 2.58. The van der Waals surface area contributed by atoms with Gasteiger partial charge in [0.05, 0.1) is 0 Å². The number of carbonyl (C=O) groups is 2. The Labute approximate surface area is 115 Å². The lowest BCUT2D eigenvalue weighted by molar-refractivity contribution is -0.207.